The van der Waals surface area contributed by atoms with E-state index in [1.54, 1.807) is 0 Å². The lowest BCUT2D eigenvalue weighted by Crippen LogP contribution is -2.27. The molecule has 1 aliphatic rings. The van der Waals surface area contributed by atoms with Crippen LogP contribution in [0.5, 0.6) is 0 Å². The van der Waals surface area contributed by atoms with Gasteiger partial charge in [-0.1, -0.05) is 231 Å². The average Bonchev–Trinajstić information content (AvgIpc) is 3.68. The molecule has 0 N–H and O–H groups in total. The molecule has 11 aromatic carbocycles. The van der Waals surface area contributed by atoms with Crippen molar-refractivity contribution < 1.29 is 0 Å². The van der Waals surface area contributed by atoms with Gasteiger partial charge in [0.25, 0.3) is 0 Å². The molecule has 1 aliphatic carbocycles. The number of rotatable bonds is 8. The molecule has 1 unspecified atom stereocenters. The zero-order valence-corrected chi connectivity index (χ0v) is 36.4. The third-order valence-electron chi connectivity index (χ3n) is 14.0. The van der Waals surface area contributed by atoms with Crippen LogP contribution in [0.2, 0.25) is 0 Å². The minimum atomic E-state index is -0.329. The second-order valence-electron chi connectivity index (χ2n) is 17.4. The molecule has 306 valence electrons. The molecule has 12 rings (SSSR count). The van der Waals surface area contributed by atoms with Gasteiger partial charge in [-0.2, -0.15) is 0 Å². The fourth-order valence-electron chi connectivity index (χ4n) is 11.1. The molecule has 0 nitrogen and oxygen atoms in total. The van der Waals surface area contributed by atoms with E-state index in [1.807, 2.05) is 0 Å². The van der Waals surface area contributed by atoms with Crippen molar-refractivity contribution in [1.82, 2.24) is 0 Å². The summed E-state index contributed by atoms with van der Waals surface area (Å²) in [6.45, 7) is 2.37. The van der Waals surface area contributed by atoms with Crippen LogP contribution in [-0.2, 0) is 5.41 Å². The Morgan fingerprint density at radius 3 is 1.11 bits per heavy atom. The van der Waals surface area contributed by atoms with Crippen molar-refractivity contribution in [2.45, 2.75) is 18.8 Å². The molecule has 0 spiro atoms. The maximum atomic E-state index is 2.54. The molecule has 0 saturated carbocycles. The van der Waals surface area contributed by atoms with Gasteiger partial charge in [-0.25, -0.2) is 0 Å². The predicted octanol–water partition coefficient (Wildman–Crippen LogP) is 17.7. The molecule has 0 radical (unpaired) electrons. The minimum Gasteiger partial charge on any atom is -0.0639 e. The van der Waals surface area contributed by atoms with Gasteiger partial charge in [-0.15, -0.1) is 0 Å². The van der Waals surface area contributed by atoms with Crippen LogP contribution in [0.25, 0.3) is 99.4 Å². The maximum Gasteiger partial charge on any atom is 0.0467 e. The predicted molar refractivity (Wildman–Crippen MR) is 276 cm³/mol. The third kappa shape index (κ3) is 6.36. The Kier molecular flexibility index (Phi) is 9.46. The van der Waals surface area contributed by atoms with E-state index in [2.05, 4.69) is 256 Å². The summed E-state index contributed by atoms with van der Waals surface area (Å²) in [6, 6.07) is 92.2. The summed E-state index contributed by atoms with van der Waals surface area (Å²) in [6.07, 6.45) is 0.935. The van der Waals surface area contributed by atoms with Gasteiger partial charge in [0, 0.05) is 5.41 Å². The molecule has 0 aromatic heterocycles. The zero-order valence-electron chi connectivity index (χ0n) is 36.4. The fourth-order valence-corrected chi connectivity index (χ4v) is 11.1. The fraction of sp³-hybridized carbons (Fsp3) is 0.0462. The van der Waals surface area contributed by atoms with Crippen LogP contribution in [-0.4, -0.2) is 0 Å². The van der Waals surface area contributed by atoms with Gasteiger partial charge in [0.2, 0.25) is 0 Å². The van der Waals surface area contributed by atoms with Gasteiger partial charge in [0.05, 0.1) is 0 Å². The van der Waals surface area contributed by atoms with E-state index in [0.717, 1.165) is 6.42 Å². The van der Waals surface area contributed by atoms with Crippen molar-refractivity contribution in [3.8, 4) is 77.9 Å². The summed E-state index contributed by atoms with van der Waals surface area (Å²) < 4.78 is 0. The first-order valence-electron chi connectivity index (χ1n) is 22.9. The van der Waals surface area contributed by atoms with Crippen LogP contribution in [0.4, 0.5) is 0 Å². The third-order valence-corrected chi connectivity index (χ3v) is 14.0. The van der Waals surface area contributed by atoms with E-state index < -0.39 is 0 Å². The van der Waals surface area contributed by atoms with Gasteiger partial charge >= 0.3 is 0 Å². The first kappa shape index (κ1) is 38.6. The zero-order chi connectivity index (χ0) is 43.3. The smallest absolute Gasteiger partial charge is 0.0467 e. The summed E-state index contributed by atoms with van der Waals surface area (Å²) >= 11 is 0. The number of fused-ring (bicyclic) bond motifs is 5. The highest BCUT2D eigenvalue weighted by Crippen LogP contribution is 2.57. The molecule has 0 saturated heterocycles. The minimum absolute atomic E-state index is 0.329. The van der Waals surface area contributed by atoms with Crippen LogP contribution < -0.4 is 0 Å². The SMILES string of the molecule is CCC1(c2ccccc2-c2ccccc2)c2ccccc2-c2ccc(-c3c4ccccc4c(-c4ccc(-c5cc(-c6ccccc6)cc(-c6ccccc6)c5)cc4)c4ccccc34)cc21. The van der Waals surface area contributed by atoms with Gasteiger partial charge in [-0.05, 0) is 147 Å². The summed E-state index contributed by atoms with van der Waals surface area (Å²) in [5, 5.41) is 5.03. The Morgan fingerprint density at radius 2 is 0.600 bits per heavy atom. The molecule has 0 aliphatic heterocycles. The summed E-state index contributed by atoms with van der Waals surface area (Å²) in [7, 11) is 0. The molecular formula is C65H46. The molecule has 0 heterocycles. The first-order chi connectivity index (χ1) is 32.2. The normalized spacial score (nSPS) is 14.0. The Labute approximate surface area is 381 Å². The quantitative estimate of drug-likeness (QED) is 0.134. The summed E-state index contributed by atoms with van der Waals surface area (Å²) in [5.74, 6) is 0. The monoisotopic (exact) mass is 826 g/mol. The Bertz CT molecular complexity index is 3430. The van der Waals surface area contributed by atoms with Crippen molar-refractivity contribution in [2.24, 2.45) is 0 Å². The van der Waals surface area contributed by atoms with Crippen LogP contribution in [0, 0.1) is 0 Å². The molecular weight excluding hydrogens is 781 g/mol. The lowest BCUT2D eigenvalue weighted by atomic mass is 9.68. The van der Waals surface area contributed by atoms with Crippen LogP contribution in [0.3, 0.4) is 0 Å². The van der Waals surface area contributed by atoms with Gasteiger partial charge in [0.15, 0.2) is 0 Å². The standard InChI is InChI=1S/C65H46/c1-2-65(60-32-18-16-26-53(60)47-24-10-5-11-25-47)61-33-19-17-27-54(61)55-39-38-49(43-62(55)65)64-58-30-14-12-28-56(58)63(57-29-13-15-31-59(57)64)48-36-34-46(35-37-48)52-41-50(44-20-6-3-7-21-44)40-51(42-52)45-22-8-4-9-23-45/h3-43H,2H2,1H3. The highest BCUT2D eigenvalue weighted by Gasteiger charge is 2.44. The highest BCUT2D eigenvalue weighted by atomic mass is 14.5. The molecule has 0 heteroatoms. The highest BCUT2D eigenvalue weighted by molar-refractivity contribution is 6.21. The summed E-state index contributed by atoms with van der Waals surface area (Å²) in [4.78, 5) is 0. The van der Waals surface area contributed by atoms with E-state index in [0.29, 0.717) is 0 Å². The lowest BCUT2D eigenvalue weighted by Gasteiger charge is -2.34. The van der Waals surface area contributed by atoms with Crippen LogP contribution >= 0.6 is 0 Å². The molecule has 65 heavy (non-hydrogen) atoms. The molecule has 0 amide bonds. The van der Waals surface area contributed by atoms with Crippen molar-refractivity contribution in [2.75, 3.05) is 0 Å². The lowest BCUT2D eigenvalue weighted by molar-refractivity contribution is 0.611. The van der Waals surface area contributed by atoms with Crippen LogP contribution in [0.1, 0.15) is 30.0 Å². The Morgan fingerprint density at radius 1 is 0.246 bits per heavy atom. The first-order valence-corrected chi connectivity index (χ1v) is 22.9. The largest absolute Gasteiger partial charge is 0.0639 e. The second-order valence-corrected chi connectivity index (χ2v) is 17.4. The van der Waals surface area contributed by atoms with Crippen molar-refractivity contribution in [3.05, 3.63) is 265 Å². The van der Waals surface area contributed by atoms with E-state index in [1.165, 1.54) is 116 Å². The molecule has 11 aromatic rings. The van der Waals surface area contributed by atoms with E-state index >= 15 is 0 Å². The van der Waals surface area contributed by atoms with Crippen LogP contribution in [0.15, 0.2) is 249 Å². The van der Waals surface area contributed by atoms with Crippen molar-refractivity contribution in [1.29, 1.82) is 0 Å². The van der Waals surface area contributed by atoms with E-state index in [-0.39, 0.29) is 5.41 Å². The number of hydrogen-bond acceptors (Lipinski definition) is 0. The number of benzene rings is 11. The van der Waals surface area contributed by atoms with Crippen molar-refractivity contribution >= 4 is 21.5 Å². The van der Waals surface area contributed by atoms with Gasteiger partial charge in [0.1, 0.15) is 0 Å². The molecule has 1 atom stereocenters. The maximum absolute atomic E-state index is 2.54. The Hall–Kier alpha value is -8.06. The average molecular weight is 827 g/mol. The van der Waals surface area contributed by atoms with Crippen molar-refractivity contribution in [3.63, 3.8) is 0 Å². The summed E-state index contributed by atoms with van der Waals surface area (Å²) in [5.41, 5.74) is 21.2. The Balaban J connectivity index is 1.02. The molecule has 0 fully saturated rings. The van der Waals surface area contributed by atoms with Gasteiger partial charge < -0.3 is 0 Å². The van der Waals surface area contributed by atoms with E-state index in [9.17, 15) is 0 Å². The van der Waals surface area contributed by atoms with Gasteiger partial charge in [-0.3, -0.25) is 0 Å². The molecule has 0 bridgehead atoms. The topological polar surface area (TPSA) is 0 Å². The second kappa shape index (κ2) is 15.9. The van der Waals surface area contributed by atoms with E-state index in [4.69, 9.17) is 0 Å². The number of hydrogen-bond donors (Lipinski definition) is 0.